The number of ether oxygens (including phenoxy) is 1. The second-order valence-electron chi connectivity index (χ2n) is 7.98. The lowest BCUT2D eigenvalue weighted by atomic mass is 9.83. The van der Waals surface area contributed by atoms with Gasteiger partial charge in [0.2, 0.25) is 0 Å². The number of hydrogen-bond donors (Lipinski definition) is 2. The first-order valence-electron chi connectivity index (χ1n) is 10.4. The van der Waals surface area contributed by atoms with Crippen LogP contribution in [0.5, 0.6) is 0 Å². The van der Waals surface area contributed by atoms with Gasteiger partial charge in [0.1, 0.15) is 0 Å². The Hall–Kier alpha value is -0.0800. The summed E-state index contributed by atoms with van der Waals surface area (Å²) in [5.74, 6) is 1.75. The summed E-state index contributed by atoms with van der Waals surface area (Å²) in [4.78, 5) is 7.55. The van der Waals surface area contributed by atoms with Crippen LogP contribution >= 0.6 is 24.0 Å². The number of likely N-dealkylation sites (tertiary alicyclic amines) is 1. The first-order chi connectivity index (χ1) is 12.2. The quantitative estimate of drug-likeness (QED) is 0.286. The van der Waals surface area contributed by atoms with Crippen molar-refractivity contribution in [3.05, 3.63) is 0 Å². The molecule has 1 aliphatic carbocycles. The van der Waals surface area contributed by atoms with Crippen LogP contribution in [0.2, 0.25) is 0 Å². The molecule has 1 saturated heterocycles. The SMILES string of the molecule is CCCN1CCC(CNC(=NCC2(CCOC)CCCC2)NCC)C1.I. The highest BCUT2D eigenvalue weighted by Gasteiger charge is 2.33. The molecule has 0 bridgehead atoms. The third-order valence-corrected chi connectivity index (χ3v) is 5.89. The van der Waals surface area contributed by atoms with Crippen molar-refractivity contribution in [2.45, 2.75) is 58.8 Å². The van der Waals surface area contributed by atoms with Crippen molar-refractivity contribution in [1.82, 2.24) is 15.5 Å². The molecule has 0 radical (unpaired) electrons. The van der Waals surface area contributed by atoms with E-state index in [-0.39, 0.29) is 24.0 Å². The van der Waals surface area contributed by atoms with E-state index in [9.17, 15) is 0 Å². The molecule has 5 nitrogen and oxygen atoms in total. The fraction of sp³-hybridized carbons (Fsp3) is 0.950. The molecule has 0 amide bonds. The maximum atomic E-state index is 5.34. The summed E-state index contributed by atoms with van der Waals surface area (Å²) in [5.41, 5.74) is 0.365. The van der Waals surface area contributed by atoms with Crippen molar-refractivity contribution in [2.24, 2.45) is 16.3 Å². The molecule has 0 aromatic heterocycles. The van der Waals surface area contributed by atoms with Crippen molar-refractivity contribution >= 4 is 29.9 Å². The Morgan fingerprint density at radius 2 is 2.00 bits per heavy atom. The fourth-order valence-corrected chi connectivity index (χ4v) is 4.36. The molecule has 26 heavy (non-hydrogen) atoms. The maximum absolute atomic E-state index is 5.34. The molecule has 2 N–H and O–H groups in total. The van der Waals surface area contributed by atoms with E-state index >= 15 is 0 Å². The third-order valence-electron chi connectivity index (χ3n) is 5.89. The molecule has 1 atom stereocenters. The monoisotopic (exact) mass is 480 g/mol. The summed E-state index contributed by atoms with van der Waals surface area (Å²) < 4.78 is 5.34. The second kappa shape index (κ2) is 13.2. The van der Waals surface area contributed by atoms with Crippen molar-refractivity contribution < 1.29 is 4.74 Å². The van der Waals surface area contributed by atoms with Crippen molar-refractivity contribution in [3.8, 4) is 0 Å². The molecule has 6 heteroatoms. The van der Waals surface area contributed by atoms with Gasteiger partial charge < -0.3 is 20.3 Å². The zero-order chi connectivity index (χ0) is 18.0. The highest BCUT2D eigenvalue weighted by atomic mass is 127. The van der Waals surface area contributed by atoms with Crippen LogP contribution in [0.15, 0.2) is 4.99 Å². The van der Waals surface area contributed by atoms with Gasteiger partial charge in [-0.05, 0) is 63.5 Å². The van der Waals surface area contributed by atoms with Crippen LogP contribution in [-0.2, 0) is 4.74 Å². The minimum absolute atomic E-state index is 0. The molecule has 1 saturated carbocycles. The highest BCUT2D eigenvalue weighted by Crippen LogP contribution is 2.41. The van der Waals surface area contributed by atoms with Crippen LogP contribution < -0.4 is 10.6 Å². The molecular weight excluding hydrogens is 439 g/mol. The van der Waals surface area contributed by atoms with Gasteiger partial charge >= 0.3 is 0 Å². The van der Waals surface area contributed by atoms with Crippen LogP contribution in [-0.4, -0.2) is 63.8 Å². The molecule has 2 aliphatic rings. The Balaban J connectivity index is 0.00000338. The summed E-state index contributed by atoms with van der Waals surface area (Å²) in [5, 5.41) is 7.04. The number of halogens is 1. The van der Waals surface area contributed by atoms with Crippen LogP contribution in [0.4, 0.5) is 0 Å². The van der Waals surface area contributed by atoms with Gasteiger partial charge in [0.15, 0.2) is 5.96 Å². The van der Waals surface area contributed by atoms with Crippen molar-refractivity contribution in [3.63, 3.8) is 0 Å². The number of hydrogen-bond acceptors (Lipinski definition) is 3. The average Bonchev–Trinajstić information content (AvgIpc) is 3.26. The lowest BCUT2D eigenvalue weighted by Crippen LogP contribution is -2.41. The zero-order valence-corrected chi connectivity index (χ0v) is 19.5. The van der Waals surface area contributed by atoms with E-state index in [1.54, 1.807) is 7.11 Å². The molecule has 1 unspecified atom stereocenters. The highest BCUT2D eigenvalue weighted by molar-refractivity contribution is 14.0. The van der Waals surface area contributed by atoms with Gasteiger partial charge in [-0.3, -0.25) is 4.99 Å². The van der Waals surface area contributed by atoms with Crippen LogP contribution in [0.25, 0.3) is 0 Å². The van der Waals surface area contributed by atoms with E-state index in [1.807, 2.05) is 0 Å². The van der Waals surface area contributed by atoms with E-state index in [0.717, 1.165) is 44.5 Å². The number of rotatable bonds is 10. The van der Waals surface area contributed by atoms with Crippen molar-refractivity contribution in [2.75, 3.05) is 53.0 Å². The first-order valence-corrected chi connectivity index (χ1v) is 10.4. The number of nitrogens with one attached hydrogen (secondary N) is 2. The standard InChI is InChI=1S/C20H40N4O.HI/c1-4-12-24-13-8-18(16-24)15-22-19(21-5-2)23-17-20(11-14-25-3)9-6-7-10-20;/h18H,4-17H2,1-3H3,(H2,21,22,23);1H. The van der Waals surface area contributed by atoms with Crippen LogP contribution in [0.3, 0.4) is 0 Å². The average molecular weight is 480 g/mol. The summed E-state index contributed by atoms with van der Waals surface area (Å²) in [7, 11) is 1.81. The molecule has 0 spiro atoms. The Morgan fingerprint density at radius 1 is 1.23 bits per heavy atom. The molecule has 0 aromatic carbocycles. The molecule has 1 aliphatic heterocycles. The minimum Gasteiger partial charge on any atom is -0.385 e. The lowest BCUT2D eigenvalue weighted by molar-refractivity contribution is 0.141. The normalized spacial score (nSPS) is 23.0. The van der Waals surface area contributed by atoms with Crippen LogP contribution in [0, 0.1) is 11.3 Å². The molecule has 2 fully saturated rings. The van der Waals surface area contributed by atoms with Gasteiger partial charge in [0, 0.05) is 39.9 Å². The first kappa shape index (κ1) is 24.0. The van der Waals surface area contributed by atoms with E-state index in [2.05, 4.69) is 29.4 Å². The summed E-state index contributed by atoms with van der Waals surface area (Å²) >= 11 is 0. The predicted octanol–water partition coefficient (Wildman–Crippen LogP) is 3.49. The number of methoxy groups -OCH3 is 1. The van der Waals surface area contributed by atoms with E-state index in [4.69, 9.17) is 9.73 Å². The zero-order valence-electron chi connectivity index (χ0n) is 17.2. The van der Waals surface area contributed by atoms with Crippen molar-refractivity contribution in [1.29, 1.82) is 0 Å². The molecule has 1 heterocycles. The minimum atomic E-state index is 0. The molecule has 154 valence electrons. The molecule has 0 aromatic rings. The predicted molar refractivity (Wildman–Crippen MR) is 122 cm³/mol. The van der Waals surface area contributed by atoms with Crippen LogP contribution in [0.1, 0.15) is 58.8 Å². The second-order valence-corrected chi connectivity index (χ2v) is 7.98. The van der Waals surface area contributed by atoms with Gasteiger partial charge in [-0.1, -0.05) is 19.8 Å². The van der Waals surface area contributed by atoms with E-state index in [0.29, 0.717) is 5.41 Å². The van der Waals surface area contributed by atoms with E-state index < -0.39 is 0 Å². The topological polar surface area (TPSA) is 48.9 Å². The smallest absolute Gasteiger partial charge is 0.191 e. The largest absolute Gasteiger partial charge is 0.385 e. The number of aliphatic imine (C=N–C) groups is 1. The number of nitrogens with zero attached hydrogens (tertiary/aromatic N) is 2. The maximum Gasteiger partial charge on any atom is 0.191 e. The number of guanidine groups is 1. The fourth-order valence-electron chi connectivity index (χ4n) is 4.36. The molecular formula is C20H41IN4O. The van der Waals surface area contributed by atoms with Gasteiger partial charge in [0.25, 0.3) is 0 Å². The van der Waals surface area contributed by atoms with Gasteiger partial charge in [-0.15, -0.1) is 24.0 Å². The van der Waals surface area contributed by atoms with Gasteiger partial charge in [-0.2, -0.15) is 0 Å². The Morgan fingerprint density at radius 3 is 2.65 bits per heavy atom. The Labute approximate surface area is 178 Å². The summed E-state index contributed by atoms with van der Waals surface area (Å²) in [6, 6.07) is 0. The van der Waals surface area contributed by atoms with E-state index in [1.165, 1.54) is 58.2 Å². The summed E-state index contributed by atoms with van der Waals surface area (Å²) in [6.07, 6.45) is 9.00. The summed E-state index contributed by atoms with van der Waals surface area (Å²) in [6.45, 7) is 11.9. The Bertz CT molecular complexity index is 399. The van der Waals surface area contributed by atoms with Gasteiger partial charge in [0.05, 0.1) is 0 Å². The third kappa shape index (κ3) is 7.89. The van der Waals surface area contributed by atoms with Gasteiger partial charge in [-0.25, -0.2) is 0 Å². The molecule has 2 rings (SSSR count). The lowest BCUT2D eigenvalue weighted by Gasteiger charge is -2.27. The Kier molecular flexibility index (Phi) is 12.1.